The Morgan fingerprint density at radius 2 is 2.00 bits per heavy atom. The molecule has 0 aliphatic carbocycles. The van der Waals surface area contributed by atoms with Crippen LogP contribution in [-0.4, -0.2) is 72.7 Å². The molecule has 2 aliphatic heterocycles. The van der Waals surface area contributed by atoms with Crippen LogP contribution in [0.4, 0.5) is 0 Å². The molecule has 2 heterocycles. The van der Waals surface area contributed by atoms with Gasteiger partial charge in [-0.15, -0.1) is 0 Å². The molecule has 0 spiro atoms. The zero-order valence-electron chi connectivity index (χ0n) is 12.6. The number of carbonyl (C=O) groups excluding carboxylic acids is 1. The van der Waals surface area contributed by atoms with Gasteiger partial charge in [-0.3, -0.25) is 9.69 Å². The molecule has 110 valence electrons. The van der Waals surface area contributed by atoms with Crippen molar-refractivity contribution < 1.29 is 9.53 Å². The van der Waals surface area contributed by atoms with Crippen molar-refractivity contribution in [1.82, 2.24) is 15.1 Å². The molecule has 19 heavy (non-hydrogen) atoms. The molecule has 2 fully saturated rings. The van der Waals surface area contributed by atoms with Crippen molar-refractivity contribution >= 4 is 5.91 Å². The highest BCUT2D eigenvalue weighted by molar-refractivity contribution is 5.81. The van der Waals surface area contributed by atoms with E-state index in [1.54, 1.807) is 0 Å². The van der Waals surface area contributed by atoms with Crippen LogP contribution in [0.3, 0.4) is 0 Å². The minimum Gasteiger partial charge on any atom is -0.370 e. The lowest BCUT2D eigenvalue weighted by atomic mass is 10.0. The van der Waals surface area contributed by atoms with E-state index in [0.717, 1.165) is 39.3 Å². The summed E-state index contributed by atoms with van der Waals surface area (Å²) in [5.41, 5.74) is -0.171. The second-order valence-electron chi connectivity index (χ2n) is 6.37. The summed E-state index contributed by atoms with van der Waals surface area (Å²) in [7, 11) is 0. The molecule has 0 bridgehead atoms. The van der Waals surface area contributed by atoms with Crippen LogP contribution in [0.5, 0.6) is 0 Å². The molecule has 0 aromatic heterocycles. The summed E-state index contributed by atoms with van der Waals surface area (Å²) in [6, 6.07) is -0.0521. The maximum atomic E-state index is 12.5. The molecule has 2 atom stereocenters. The Kier molecular flexibility index (Phi) is 4.48. The van der Waals surface area contributed by atoms with Crippen molar-refractivity contribution in [3.8, 4) is 0 Å². The van der Waals surface area contributed by atoms with Gasteiger partial charge < -0.3 is 15.0 Å². The number of nitrogens with zero attached hydrogens (tertiary/aromatic N) is 2. The maximum Gasteiger partial charge on any atom is 0.239 e. The molecule has 2 aliphatic rings. The lowest BCUT2D eigenvalue weighted by molar-refractivity contribution is -0.154. The first-order chi connectivity index (χ1) is 8.89. The third-order valence-corrected chi connectivity index (χ3v) is 3.93. The van der Waals surface area contributed by atoms with Gasteiger partial charge in [0.2, 0.25) is 5.91 Å². The van der Waals surface area contributed by atoms with Crippen molar-refractivity contribution in [3.05, 3.63) is 0 Å². The highest BCUT2D eigenvalue weighted by Gasteiger charge is 2.36. The smallest absolute Gasteiger partial charge is 0.239 e. The third kappa shape index (κ3) is 3.68. The van der Waals surface area contributed by atoms with E-state index in [1.165, 1.54) is 0 Å². The summed E-state index contributed by atoms with van der Waals surface area (Å²) < 4.78 is 5.90. The molecule has 0 saturated carbocycles. The normalized spacial score (nSPS) is 30.1. The van der Waals surface area contributed by atoms with Crippen LogP contribution in [0.1, 0.15) is 27.7 Å². The first kappa shape index (κ1) is 14.8. The van der Waals surface area contributed by atoms with Crippen molar-refractivity contribution in [2.24, 2.45) is 0 Å². The Hall–Kier alpha value is -0.650. The number of ether oxygens (including phenoxy) is 1. The molecule has 0 radical (unpaired) electrons. The van der Waals surface area contributed by atoms with Crippen LogP contribution in [0.25, 0.3) is 0 Å². The van der Waals surface area contributed by atoms with E-state index < -0.39 is 0 Å². The quantitative estimate of drug-likeness (QED) is 0.783. The molecule has 5 heteroatoms. The molecule has 1 amide bonds. The first-order valence-electron chi connectivity index (χ1n) is 7.30. The lowest BCUT2D eigenvalue weighted by Crippen LogP contribution is -2.59. The molecule has 5 nitrogen and oxygen atoms in total. The van der Waals surface area contributed by atoms with E-state index in [2.05, 4.69) is 31.0 Å². The Bertz CT molecular complexity index is 327. The summed E-state index contributed by atoms with van der Waals surface area (Å²) in [6.45, 7) is 13.4. The summed E-state index contributed by atoms with van der Waals surface area (Å²) in [5, 5.41) is 3.28. The standard InChI is InChI=1S/C14H27N3O2/c1-11-9-17(10-14(3,4)19-11)12(2)13(18)16-7-5-15-6-8-16/h11-12,15H,5-10H2,1-4H3. The number of morpholine rings is 1. The average molecular weight is 269 g/mol. The maximum absolute atomic E-state index is 12.5. The Morgan fingerprint density at radius 1 is 1.37 bits per heavy atom. The lowest BCUT2D eigenvalue weighted by Gasteiger charge is -2.44. The zero-order valence-corrected chi connectivity index (χ0v) is 12.6. The summed E-state index contributed by atoms with van der Waals surface area (Å²) in [6.07, 6.45) is 0.182. The highest BCUT2D eigenvalue weighted by Crippen LogP contribution is 2.23. The van der Waals surface area contributed by atoms with E-state index in [0.29, 0.717) is 0 Å². The average Bonchev–Trinajstić information content (AvgIpc) is 2.35. The van der Waals surface area contributed by atoms with Gasteiger partial charge in [0.1, 0.15) is 0 Å². The van der Waals surface area contributed by atoms with Gasteiger partial charge in [-0.1, -0.05) is 0 Å². The summed E-state index contributed by atoms with van der Waals surface area (Å²) in [4.78, 5) is 16.8. The number of carbonyl (C=O) groups is 1. The van der Waals surface area contributed by atoms with Crippen LogP contribution in [0.2, 0.25) is 0 Å². The predicted octanol–water partition coefficient (Wildman–Crippen LogP) is 0.306. The first-order valence-corrected chi connectivity index (χ1v) is 7.30. The number of hydrogen-bond donors (Lipinski definition) is 1. The summed E-state index contributed by atoms with van der Waals surface area (Å²) >= 11 is 0. The molecule has 0 aromatic carbocycles. The van der Waals surface area contributed by atoms with Gasteiger partial charge in [0.25, 0.3) is 0 Å². The third-order valence-electron chi connectivity index (χ3n) is 3.93. The van der Waals surface area contributed by atoms with Gasteiger partial charge in [0.15, 0.2) is 0 Å². The van der Waals surface area contributed by atoms with Crippen molar-refractivity contribution in [2.45, 2.75) is 45.4 Å². The fourth-order valence-electron chi connectivity index (χ4n) is 3.10. The number of nitrogens with one attached hydrogen (secondary N) is 1. The van der Waals surface area contributed by atoms with Gasteiger partial charge in [0, 0.05) is 39.3 Å². The van der Waals surface area contributed by atoms with Gasteiger partial charge in [-0.25, -0.2) is 0 Å². The van der Waals surface area contributed by atoms with Gasteiger partial charge in [-0.2, -0.15) is 0 Å². The topological polar surface area (TPSA) is 44.8 Å². The highest BCUT2D eigenvalue weighted by atomic mass is 16.5. The number of amides is 1. The van der Waals surface area contributed by atoms with Crippen LogP contribution in [0.15, 0.2) is 0 Å². The van der Waals surface area contributed by atoms with Crippen molar-refractivity contribution in [2.75, 3.05) is 39.3 Å². The zero-order chi connectivity index (χ0) is 14.0. The second kappa shape index (κ2) is 5.77. The molecule has 2 rings (SSSR count). The largest absolute Gasteiger partial charge is 0.370 e. The molecule has 2 saturated heterocycles. The fraction of sp³-hybridized carbons (Fsp3) is 0.929. The van der Waals surface area contributed by atoms with Gasteiger partial charge >= 0.3 is 0 Å². The van der Waals surface area contributed by atoms with E-state index in [-0.39, 0.29) is 23.7 Å². The predicted molar refractivity (Wildman–Crippen MR) is 75.1 cm³/mol. The van der Waals surface area contributed by atoms with Crippen molar-refractivity contribution in [1.29, 1.82) is 0 Å². The Labute approximate surface area is 116 Å². The van der Waals surface area contributed by atoms with E-state index in [4.69, 9.17) is 4.74 Å². The molecular weight excluding hydrogens is 242 g/mol. The minimum atomic E-state index is -0.171. The van der Waals surface area contributed by atoms with Crippen LogP contribution in [-0.2, 0) is 9.53 Å². The minimum absolute atomic E-state index is 0.0521. The second-order valence-corrected chi connectivity index (χ2v) is 6.37. The Morgan fingerprint density at radius 3 is 2.58 bits per heavy atom. The molecular formula is C14H27N3O2. The van der Waals surface area contributed by atoms with Gasteiger partial charge in [0.05, 0.1) is 17.7 Å². The van der Waals surface area contributed by atoms with Crippen molar-refractivity contribution in [3.63, 3.8) is 0 Å². The monoisotopic (exact) mass is 269 g/mol. The number of rotatable bonds is 2. The van der Waals surface area contributed by atoms with E-state index in [9.17, 15) is 4.79 Å². The SMILES string of the molecule is CC1CN(C(C)C(=O)N2CCNCC2)CC(C)(C)O1. The van der Waals surface area contributed by atoms with Crippen LogP contribution >= 0.6 is 0 Å². The van der Waals surface area contributed by atoms with Crippen LogP contribution in [0, 0.1) is 0 Å². The molecule has 1 N–H and O–H groups in total. The van der Waals surface area contributed by atoms with Crippen LogP contribution < -0.4 is 5.32 Å². The number of hydrogen-bond acceptors (Lipinski definition) is 4. The molecule has 0 aromatic rings. The van der Waals surface area contributed by atoms with Gasteiger partial charge in [-0.05, 0) is 27.7 Å². The van der Waals surface area contributed by atoms with E-state index in [1.807, 2.05) is 11.8 Å². The Balaban J connectivity index is 1.97. The van der Waals surface area contributed by atoms with E-state index >= 15 is 0 Å². The fourth-order valence-corrected chi connectivity index (χ4v) is 3.10. The number of piperazine rings is 1. The summed E-state index contributed by atoms with van der Waals surface area (Å²) in [5.74, 6) is 0.256. The molecule has 2 unspecified atom stereocenters.